The zero-order chi connectivity index (χ0) is 15.6. The first-order chi connectivity index (χ1) is 9.88. The molecule has 0 radical (unpaired) electrons. The third-order valence-corrected chi connectivity index (χ3v) is 3.79. The van der Waals surface area contributed by atoms with Gasteiger partial charge in [0.2, 0.25) is 5.91 Å². The van der Waals surface area contributed by atoms with Crippen molar-refractivity contribution in [1.29, 1.82) is 0 Å². The summed E-state index contributed by atoms with van der Waals surface area (Å²) < 4.78 is 2.73. The molecule has 0 unspecified atom stereocenters. The van der Waals surface area contributed by atoms with Crippen molar-refractivity contribution >= 4 is 38.7 Å². The molecule has 1 aromatic heterocycles. The maximum Gasteiger partial charge on any atom is 0.326 e. The second-order valence-electron chi connectivity index (χ2n) is 5.27. The molecule has 6 heteroatoms. The van der Waals surface area contributed by atoms with E-state index in [9.17, 15) is 9.59 Å². The highest BCUT2D eigenvalue weighted by molar-refractivity contribution is 9.10. The summed E-state index contributed by atoms with van der Waals surface area (Å²) in [5, 5.41) is 12.7. The number of carbonyl (C=O) groups excluding carboxylic acids is 1. The first kappa shape index (κ1) is 15.6. The number of hydrogen-bond donors (Lipinski definition) is 2. The monoisotopic (exact) mass is 352 g/mol. The first-order valence-corrected chi connectivity index (χ1v) is 7.44. The number of hydrogen-bond acceptors (Lipinski definition) is 2. The van der Waals surface area contributed by atoms with Crippen LogP contribution in [0.2, 0.25) is 0 Å². The van der Waals surface area contributed by atoms with E-state index >= 15 is 0 Å². The lowest BCUT2D eigenvalue weighted by atomic mass is 10.1. The molecule has 0 saturated heterocycles. The molecule has 0 fully saturated rings. The van der Waals surface area contributed by atoms with Crippen LogP contribution in [0, 0.1) is 5.92 Å². The fourth-order valence-corrected chi connectivity index (χ4v) is 2.53. The molecule has 0 aliphatic heterocycles. The Morgan fingerprint density at radius 1 is 1.33 bits per heavy atom. The number of nitrogens with one attached hydrogen (secondary N) is 1. The molecular formula is C15H17BrN2O3. The van der Waals surface area contributed by atoms with Crippen molar-refractivity contribution in [2.75, 3.05) is 0 Å². The summed E-state index contributed by atoms with van der Waals surface area (Å²) in [6, 6.07) is 6.88. The summed E-state index contributed by atoms with van der Waals surface area (Å²) in [5.74, 6) is -1.49. The lowest BCUT2D eigenvalue weighted by molar-refractivity contribution is -0.143. The highest BCUT2D eigenvalue weighted by Gasteiger charge is 2.23. The fraction of sp³-hybridized carbons (Fsp3) is 0.333. The number of nitrogens with zero attached hydrogens (tertiary/aromatic N) is 1. The number of benzene rings is 1. The number of carbonyl (C=O) groups is 2. The number of aliphatic carboxylic acids is 1. The van der Waals surface area contributed by atoms with E-state index in [0.29, 0.717) is 0 Å². The Morgan fingerprint density at radius 2 is 2.05 bits per heavy atom. The van der Waals surface area contributed by atoms with E-state index in [4.69, 9.17) is 5.11 Å². The smallest absolute Gasteiger partial charge is 0.326 e. The molecule has 0 bridgehead atoms. The lowest BCUT2D eigenvalue weighted by Crippen LogP contribution is -2.45. The summed E-state index contributed by atoms with van der Waals surface area (Å²) in [6.45, 7) is 3.62. The third-order valence-electron chi connectivity index (χ3n) is 3.30. The van der Waals surface area contributed by atoms with Crippen LogP contribution >= 0.6 is 15.9 Å². The van der Waals surface area contributed by atoms with Crippen molar-refractivity contribution in [3.63, 3.8) is 0 Å². The van der Waals surface area contributed by atoms with Crippen molar-refractivity contribution in [2.24, 2.45) is 5.92 Å². The van der Waals surface area contributed by atoms with Crippen LogP contribution in [0.15, 0.2) is 34.9 Å². The van der Waals surface area contributed by atoms with Gasteiger partial charge < -0.3 is 15.0 Å². The molecule has 0 aliphatic carbocycles. The minimum absolute atomic E-state index is 0.0937. The SMILES string of the molecule is CC(C)[C@H](NC(=O)Cn1ccc2ccc(Br)cc21)C(=O)O. The molecular weight excluding hydrogens is 336 g/mol. The van der Waals surface area contributed by atoms with Gasteiger partial charge in [-0.15, -0.1) is 0 Å². The lowest BCUT2D eigenvalue weighted by Gasteiger charge is -2.18. The minimum Gasteiger partial charge on any atom is -0.480 e. The van der Waals surface area contributed by atoms with E-state index in [-0.39, 0.29) is 18.4 Å². The van der Waals surface area contributed by atoms with Gasteiger partial charge in [-0.25, -0.2) is 4.79 Å². The third kappa shape index (κ3) is 3.64. The number of aromatic nitrogens is 1. The van der Waals surface area contributed by atoms with Gasteiger partial charge in [0.05, 0.1) is 0 Å². The Hall–Kier alpha value is -1.82. The predicted molar refractivity (Wildman–Crippen MR) is 84.0 cm³/mol. The van der Waals surface area contributed by atoms with Gasteiger partial charge in [-0.1, -0.05) is 35.8 Å². The Bertz CT molecular complexity index is 679. The summed E-state index contributed by atoms with van der Waals surface area (Å²) >= 11 is 3.40. The van der Waals surface area contributed by atoms with Gasteiger partial charge in [-0.05, 0) is 29.5 Å². The maximum atomic E-state index is 12.1. The van der Waals surface area contributed by atoms with Crippen LogP contribution in [0.25, 0.3) is 10.9 Å². The van der Waals surface area contributed by atoms with Crippen LogP contribution in [0.3, 0.4) is 0 Å². The molecule has 0 aliphatic rings. The molecule has 2 N–H and O–H groups in total. The average molecular weight is 353 g/mol. The van der Waals surface area contributed by atoms with E-state index < -0.39 is 12.0 Å². The van der Waals surface area contributed by atoms with Crippen LogP contribution in [0.4, 0.5) is 0 Å². The largest absolute Gasteiger partial charge is 0.480 e. The summed E-state index contributed by atoms with van der Waals surface area (Å²) in [7, 11) is 0. The van der Waals surface area contributed by atoms with Crippen LogP contribution in [-0.2, 0) is 16.1 Å². The van der Waals surface area contributed by atoms with Gasteiger partial charge in [-0.3, -0.25) is 4.79 Å². The molecule has 2 rings (SSSR count). The number of carboxylic acid groups (broad SMARTS) is 1. The molecule has 1 amide bonds. The highest BCUT2D eigenvalue weighted by Crippen LogP contribution is 2.20. The number of rotatable bonds is 5. The molecule has 1 atom stereocenters. The Kier molecular flexibility index (Phi) is 4.67. The average Bonchev–Trinajstić information content (AvgIpc) is 2.78. The quantitative estimate of drug-likeness (QED) is 0.868. The van der Waals surface area contributed by atoms with Crippen molar-refractivity contribution in [1.82, 2.24) is 9.88 Å². The minimum atomic E-state index is -1.02. The Morgan fingerprint density at radius 3 is 2.67 bits per heavy atom. The first-order valence-electron chi connectivity index (χ1n) is 6.65. The Labute approximate surface area is 131 Å². The summed E-state index contributed by atoms with van der Waals surface area (Å²) in [6.07, 6.45) is 1.82. The van der Waals surface area contributed by atoms with Gasteiger partial charge >= 0.3 is 5.97 Å². The van der Waals surface area contributed by atoms with Crippen LogP contribution in [-0.4, -0.2) is 27.6 Å². The summed E-state index contributed by atoms with van der Waals surface area (Å²) in [4.78, 5) is 23.2. The molecule has 21 heavy (non-hydrogen) atoms. The molecule has 2 aromatic rings. The maximum absolute atomic E-state index is 12.1. The molecule has 0 spiro atoms. The van der Waals surface area contributed by atoms with Gasteiger partial charge in [0.25, 0.3) is 0 Å². The van der Waals surface area contributed by atoms with Crippen molar-refractivity contribution in [2.45, 2.75) is 26.4 Å². The van der Waals surface area contributed by atoms with Crippen LogP contribution in [0.1, 0.15) is 13.8 Å². The highest BCUT2D eigenvalue weighted by atomic mass is 79.9. The zero-order valence-electron chi connectivity index (χ0n) is 11.8. The molecule has 0 saturated carbocycles. The molecule has 5 nitrogen and oxygen atoms in total. The van der Waals surface area contributed by atoms with Crippen molar-refractivity contribution in [3.05, 3.63) is 34.9 Å². The van der Waals surface area contributed by atoms with Gasteiger partial charge in [-0.2, -0.15) is 0 Å². The molecule has 1 aromatic carbocycles. The van der Waals surface area contributed by atoms with E-state index in [2.05, 4.69) is 21.2 Å². The van der Waals surface area contributed by atoms with Crippen LogP contribution < -0.4 is 5.32 Å². The second kappa shape index (κ2) is 6.30. The predicted octanol–water partition coefficient (Wildman–Crippen LogP) is 2.63. The van der Waals surface area contributed by atoms with Gasteiger partial charge in [0.15, 0.2) is 0 Å². The summed E-state index contributed by atoms with van der Waals surface area (Å²) in [5.41, 5.74) is 0.927. The van der Waals surface area contributed by atoms with E-state index in [1.165, 1.54) is 0 Å². The van der Waals surface area contributed by atoms with E-state index in [1.807, 2.05) is 30.5 Å². The standard InChI is InChI=1S/C15H17BrN2O3/c1-9(2)14(15(20)21)17-13(19)8-18-6-5-10-3-4-11(16)7-12(10)18/h3-7,9,14H,8H2,1-2H3,(H,17,19)(H,20,21)/t14-/m0/s1. The number of carboxylic acids is 1. The van der Waals surface area contributed by atoms with E-state index in [0.717, 1.165) is 15.4 Å². The normalized spacial score (nSPS) is 12.6. The van der Waals surface area contributed by atoms with Crippen molar-refractivity contribution < 1.29 is 14.7 Å². The van der Waals surface area contributed by atoms with Crippen LogP contribution in [0.5, 0.6) is 0 Å². The topological polar surface area (TPSA) is 71.3 Å². The fourth-order valence-electron chi connectivity index (χ4n) is 2.18. The zero-order valence-corrected chi connectivity index (χ0v) is 13.4. The number of amides is 1. The second-order valence-corrected chi connectivity index (χ2v) is 6.19. The van der Waals surface area contributed by atoms with Gasteiger partial charge in [0, 0.05) is 16.2 Å². The number of fused-ring (bicyclic) bond motifs is 1. The molecule has 112 valence electrons. The van der Waals surface area contributed by atoms with E-state index in [1.54, 1.807) is 18.4 Å². The van der Waals surface area contributed by atoms with Gasteiger partial charge in [0.1, 0.15) is 12.6 Å². The Balaban J connectivity index is 2.14. The van der Waals surface area contributed by atoms with Crippen molar-refractivity contribution in [3.8, 4) is 0 Å². The number of halogens is 1. The molecule has 1 heterocycles.